The lowest BCUT2D eigenvalue weighted by Crippen LogP contribution is -2.41. The maximum absolute atomic E-state index is 6.24. The number of allylic oxidation sites excluding steroid dienone is 4. The molecular weight excluding hydrogens is 345 g/mol. The van der Waals surface area contributed by atoms with Gasteiger partial charge in [-0.25, -0.2) is 0 Å². The molecule has 4 heteroatoms. The zero-order chi connectivity index (χ0) is 19.8. The molecule has 2 aromatic carbocycles. The molecule has 0 aromatic heterocycles. The minimum Gasteiger partial charge on any atom is -0.400 e. The molecule has 1 aliphatic carbocycles. The average molecular weight is 373 g/mol. The highest BCUT2D eigenvalue weighted by molar-refractivity contribution is 6.54. The van der Waals surface area contributed by atoms with Gasteiger partial charge in [0.25, 0.3) is 0 Å². The quantitative estimate of drug-likeness (QED) is 0.608. The standard InChI is InChI=1S/C24H28BNO2/c1-23(2)24(3,4)28-25(27-23)19-15-17-22(18-16-19)26(20-11-7-5-8-12-20)21-13-9-6-10-14-21/h5-15,17H,16,18H2,1-4H3. The Morgan fingerprint density at radius 1 is 0.714 bits per heavy atom. The Bertz CT molecular complexity index is 832. The van der Waals surface area contributed by atoms with Crippen molar-refractivity contribution in [2.75, 3.05) is 4.90 Å². The Kier molecular flexibility index (Phi) is 4.94. The Hall–Kier alpha value is -2.30. The van der Waals surface area contributed by atoms with Crippen molar-refractivity contribution < 1.29 is 9.31 Å². The Balaban J connectivity index is 1.63. The minimum absolute atomic E-state index is 0.260. The number of para-hydroxylation sites is 2. The van der Waals surface area contributed by atoms with Crippen LogP contribution in [0, 0.1) is 0 Å². The number of benzene rings is 2. The van der Waals surface area contributed by atoms with E-state index in [-0.39, 0.29) is 18.3 Å². The van der Waals surface area contributed by atoms with E-state index >= 15 is 0 Å². The summed E-state index contributed by atoms with van der Waals surface area (Å²) in [6.07, 6.45) is 6.27. The summed E-state index contributed by atoms with van der Waals surface area (Å²) in [5.74, 6) is 0. The summed E-state index contributed by atoms with van der Waals surface area (Å²) in [5.41, 5.74) is 4.23. The van der Waals surface area contributed by atoms with Crippen LogP contribution in [0.2, 0.25) is 0 Å². The van der Waals surface area contributed by atoms with Crippen molar-refractivity contribution >= 4 is 18.5 Å². The monoisotopic (exact) mass is 373 g/mol. The largest absolute Gasteiger partial charge is 0.490 e. The molecule has 0 amide bonds. The second kappa shape index (κ2) is 7.27. The molecule has 1 aliphatic heterocycles. The van der Waals surface area contributed by atoms with Crippen molar-refractivity contribution in [2.24, 2.45) is 0 Å². The van der Waals surface area contributed by atoms with Crippen molar-refractivity contribution in [1.29, 1.82) is 0 Å². The van der Waals surface area contributed by atoms with Gasteiger partial charge in [0.1, 0.15) is 0 Å². The third-order valence-electron chi connectivity index (χ3n) is 6.03. The van der Waals surface area contributed by atoms with E-state index in [9.17, 15) is 0 Å². The van der Waals surface area contributed by atoms with Gasteiger partial charge >= 0.3 is 7.12 Å². The maximum atomic E-state index is 6.24. The number of hydrogen-bond donors (Lipinski definition) is 0. The van der Waals surface area contributed by atoms with Crippen LogP contribution in [0.1, 0.15) is 40.5 Å². The van der Waals surface area contributed by atoms with Gasteiger partial charge in [0.05, 0.1) is 11.2 Å². The molecule has 28 heavy (non-hydrogen) atoms. The molecule has 0 bridgehead atoms. The Morgan fingerprint density at radius 2 is 1.21 bits per heavy atom. The van der Waals surface area contributed by atoms with Gasteiger partial charge in [-0.2, -0.15) is 0 Å². The minimum atomic E-state index is -0.303. The lowest BCUT2D eigenvalue weighted by molar-refractivity contribution is 0.00578. The summed E-state index contributed by atoms with van der Waals surface area (Å²) in [4.78, 5) is 2.33. The summed E-state index contributed by atoms with van der Waals surface area (Å²) >= 11 is 0. The highest BCUT2D eigenvalue weighted by Gasteiger charge is 2.52. The van der Waals surface area contributed by atoms with E-state index in [0.29, 0.717) is 0 Å². The van der Waals surface area contributed by atoms with Gasteiger partial charge in [0.2, 0.25) is 0 Å². The first-order chi connectivity index (χ1) is 13.4. The van der Waals surface area contributed by atoms with E-state index in [2.05, 4.69) is 105 Å². The van der Waals surface area contributed by atoms with Crippen molar-refractivity contribution in [2.45, 2.75) is 51.7 Å². The van der Waals surface area contributed by atoms with E-state index < -0.39 is 0 Å². The first-order valence-corrected chi connectivity index (χ1v) is 10.0. The van der Waals surface area contributed by atoms with Gasteiger partial charge < -0.3 is 14.2 Å². The zero-order valence-corrected chi connectivity index (χ0v) is 17.2. The topological polar surface area (TPSA) is 21.7 Å². The van der Waals surface area contributed by atoms with E-state index in [1.807, 2.05) is 0 Å². The Morgan fingerprint density at radius 3 is 1.64 bits per heavy atom. The number of nitrogens with zero attached hydrogens (tertiary/aromatic N) is 1. The van der Waals surface area contributed by atoms with Crippen molar-refractivity contribution in [1.82, 2.24) is 0 Å². The third-order valence-corrected chi connectivity index (χ3v) is 6.03. The maximum Gasteiger partial charge on any atom is 0.490 e. The fourth-order valence-corrected chi connectivity index (χ4v) is 3.65. The van der Waals surface area contributed by atoms with Crippen molar-refractivity contribution in [3.05, 3.63) is 84.0 Å². The number of rotatable bonds is 4. The SMILES string of the molecule is CC1(C)OB(C2=CC=C(N(c3ccccc3)c3ccccc3)CC2)OC1(C)C. The molecule has 1 heterocycles. The summed E-state index contributed by atoms with van der Waals surface area (Å²) in [7, 11) is -0.260. The third kappa shape index (κ3) is 3.55. The van der Waals surface area contributed by atoms with Crippen LogP contribution >= 0.6 is 0 Å². The molecule has 0 spiro atoms. The second-order valence-electron chi connectivity index (χ2n) is 8.49. The van der Waals surface area contributed by atoms with Gasteiger partial charge in [-0.3, -0.25) is 0 Å². The van der Waals surface area contributed by atoms with Gasteiger partial charge in [0, 0.05) is 17.1 Å². The highest BCUT2D eigenvalue weighted by Crippen LogP contribution is 2.41. The van der Waals surface area contributed by atoms with Gasteiger partial charge in [-0.1, -0.05) is 42.5 Å². The van der Waals surface area contributed by atoms with E-state index in [1.54, 1.807) is 0 Å². The van der Waals surface area contributed by atoms with E-state index in [4.69, 9.17) is 9.31 Å². The lowest BCUT2D eigenvalue weighted by Gasteiger charge is -2.32. The predicted octanol–water partition coefficient (Wildman–Crippen LogP) is 6.06. The van der Waals surface area contributed by atoms with Crippen LogP contribution in [-0.4, -0.2) is 18.3 Å². The van der Waals surface area contributed by atoms with E-state index in [0.717, 1.165) is 12.8 Å². The first kappa shape index (κ1) is 19.0. The number of hydrogen-bond acceptors (Lipinski definition) is 3. The molecule has 0 radical (unpaired) electrons. The van der Waals surface area contributed by atoms with Crippen LogP contribution < -0.4 is 4.90 Å². The first-order valence-electron chi connectivity index (χ1n) is 10.0. The molecule has 144 valence electrons. The smallest absolute Gasteiger partial charge is 0.400 e. The molecule has 4 rings (SSSR count). The fraction of sp³-hybridized carbons (Fsp3) is 0.333. The second-order valence-corrected chi connectivity index (χ2v) is 8.49. The lowest BCUT2D eigenvalue weighted by atomic mass is 9.73. The molecule has 1 saturated heterocycles. The molecule has 0 N–H and O–H groups in total. The van der Waals surface area contributed by atoms with E-state index in [1.165, 1.54) is 22.5 Å². The van der Waals surface area contributed by atoms with Crippen molar-refractivity contribution in [3.8, 4) is 0 Å². The molecule has 2 aromatic rings. The van der Waals surface area contributed by atoms with Crippen LogP contribution in [0.25, 0.3) is 0 Å². The van der Waals surface area contributed by atoms with Crippen LogP contribution in [-0.2, 0) is 9.31 Å². The molecular formula is C24H28BNO2. The average Bonchev–Trinajstić information content (AvgIpc) is 2.92. The summed E-state index contributed by atoms with van der Waals surface area (Å²) < 4.78 is 12.5. The predicted molar refractivity (Wildman–Crippen MR) is 117 cm³/mol. The van der Waals surface area contributed by atoms with Crippen molar-refractivity contribution in [3.63, 3.8) is 0 Å². The van der Waals surface area contributed by atoms with Gasteiger partial charge in [0.15, 0.2) is 0 Å². The van der Waals surface area contributed by atoms with Crippen LogP contribution in [0.5, 0.6) is 0 Å². The molecule has 0 saturated carbocycles. The highest BCUT2D eigenvalue weighted by atomic mass is 16.7. The normalized spacial score (nSPS) is 20.5. The van der Waals surface area contributed by atoms with Crippen LogP contribution in [0.15, 0.2) is 84.0 Å². The summed E-state index contributed by atoms with van der Waals surface area (Å²) in [6, 6.07) is 21.1. The zero-order valence-electron chi connectivity index (χ0n) is 17.2. The molecule has 2 aliphatic rings. The molecule has 0 unspecified atom stereocenters. The van der Waals surface area contributed by atoms with Crippen LogP contribution in [0.4, 0.5) is 11.4 Å². The summed E-state index contributed by atoms with van der Waals surface area (Å²) in [5, 5.41) is 0. The van der Waals surface area contributed by atoms with Crippen LogP contribution in [0.3, 0.4) is 0 Å². The molecule has 1 fully saturated rings. The van der Waals surface area contributed by atoms with Gasteiger partial charge in [-0.15, -0.1) is 0 Å². The molecule has 3 nitrogen and oxygen atoms in total. The van der Waals surface area contributed by atoms with Gasteiger partial charge in [-0.05, 0) is 76.4 Å². The molecule has 0 atom stereocenters. The summed E-state index contributed by atoms with van der Waals surface area (Å²) in [6.45, 7) is 8.41. The Labute approximate surface area is 168 Å². The fourth-order valence-electron chi connectivity index (χ4n) is 3.65. The number of anilines is 2.